The first-order chi connectivity index (χ1) is 11.0. The number of hydrogen-bond acceptors (Lipinski definition) is 6. The molecule has 0 radical (unpaired) electrons. The number of anilines is 1. The second-order valence-electron chi connectivity index (χ2n) is 5.01. The van der Waals surface area contributed by atoms with Gasteiger partial charge in [-0.15, -0.1) is 0 Å². The quantitative estimate of drug-likeness (QED) is 0.854. The van der Waals surface area contributed by atoms with Gasteiger partial charge in [0.15, 0.2) is 5.82 Å². The monoisotopic (exact) mass is 319 g/mol. The Morgan fingerprint density at radius 3 is 2.52 bits per heavy atom. The SMILES string of the molecule is COc1nc(CNC(=O)Cc2ccc(F)cc2)nc(N(C)C)n1. The smallest absolute Gasteiger partial charge is 0.321 e. The summed E-state index contributed by atoms with van der Waals surface area (Å²) in [4.78, 5) is 26.1. The number of aromatic nitrogens is 3. The normalized spacial score (nSPS) is 10.3. The highest BCUT2D eigenvalue weighted by Crippen LogP contribution is 2.09. The Morgan fingerprint density at radius 2 is 1.91 bits per heavy atom. The molecule has 0 bridgehead atoms. The van der Waals surface area contributed by atoms with E-state index in [0.29, 0.717) is 11.8 Å². The standard InChI is InChI=1S/C15H18FN5O2/c1-21(2)14-18-12(19-15(20-14)23-3)9-17-13(22)8-10-4-6-11(16)7-5-10/h4-7H,8-9H2,1-3H3,(H,17,22). The molecule has 2 rings (SSSR count). The molecule has 1 aromatic heterocycles. The largest absolute Gasteiger partial charge is 0.467 e. The predicted octanol–water partition coefficient (Wildman–Crippen LogP) is 0.944. The summed E-state index contributed by atoms with van der Waals surface area (Å²) < 4.78 is 17.9. The predicted molar refractivity (Wildman–Crippen MR) is 82.7 cm³/mol. The lowest BCUT2D eigenvalue weighted by molar-refractivity contribution is -0.120. The van der Waals surface area contributed by atoms with Crippen molar-refractivity contribution in [1.82, 2.24) is 20.3 Å². The zero-order valence-corrected chi connectivity index (χ0v) is 13.2. The molecule has 1 amide bonds. The summed E-state index contributed by atoms with van der Waals surface area (Å²) in [6.07, 6.45) is 0.156. The molecule has 0 aliphatic carbocycles. The van der Waals surface area contributed by atoms with Gasteiger partial charge < -0.3 is 15.0 Å². The van der Waals surface area contributed by atoms with Crippen LogP contribution in [0.25, 0.3) is 0 Å². The van der Waals surface area contributed by atoms with Crippen LogP contribution in [0.2, 0.25) is 0 Å². The Morgan fingerprint density at radius 1 is 1.22 bits per heavy atom. The van der Waals surface area contributed by atoms with Gasteiger partial charge in [-0.2, -0.15) is 15.0 Å². The van der Waals surface area contributed by atoms with E-state index < -0.39 is 0 Å². The molecule has 1 N–H and O–H groups in total. The lowest BCUT2D eigenvalue weighted by atomic mass is 10.1. The summed E-state index contributed by atoms with van der Waals surface area (Å²) in [5, 5.41) is 2.72. The highest BCUT2D eigenvalue weighted by molar-refractivity contribution is 5.78. The first-order valence-corrected chi connectivity index (χ1v) is 6.95. The van der Waals surface area contributed by atoms with E-state index in [2.05, 4.69) is 20.3 Å². The number of ether oxygens (including phenoxy) is 1. The fraction of sp³-hybridized carbons (Fsp3) is 0.333. The molecule has 0 atom stereocenters. The lowest BCUT2D eigenvalue weighted by Crippen LogP contribution is -2.26. The molecule has 7 nitrogen and oxygen atoms in total. The van der Waals surface area contributed by atoms with Crippen molar-refractivity contribution < 1.29 is 13.9 Å². The lowest BCUT2D eigenvalue weighted by Gasteiger charge is -2.12. The van der Waals surface area contributed by atoms with Crippen LogP contribution in [-0.4, -0.2) is 42.1 Å². The van der Waals surface area contributed by atoms with Crippen molar-refractivity contribution in [3.05, 3.63) is 41.5 Å². The maximum atomic E-state index is 12.8. The first kappa shape index (κ1) is 16.6. The molecule has 122 valence electrons. The minimum absolute atomic E-state index is 0.153. The maximum Gasteiger partial charge on any atom is 0.321 e. The number of amides is 1. The highest BCUT2D eigenvalue weighted by Gasteiger charge is 2.10. The summed E-state index contributed by atoms with van der Waals surface area (Å²) in [6, 6.07) is 5.98. The van der Waals surface area contributed by atoms with Crippen molar-refractivity contribution in [3.8, 4) is 6.01 Å². The number of hydrogen-bond donors (Lipinski definition) is 1. The minimum atomic E-state index is -0.331. The Hall–Kier alpha value is -2.77. The minimum Gasteiger partial charge on any atom is -0.467 e. The van der Waals surface area contributed by atoms with Gasteiger partial charge in [-0.3, -0.25) is 4.79 Å². The second-order valence-corrected chi connectivity index (χ2v) is 5.01. The number of carbonyl (C=O) groups is 1. The van der Waals surface area contributed by atoms with E-state index in [-0.39, 0.29) is 30.7 Å². The molecule has 8 heteroatoms. The maximum absolute atomic E-state index is 12.8. The van der Waals surface area contributed by atoms with Crippen LogP contribution >= 0.6 is 0 Å². The van der Waals surface area contributed by atoms with E-state index in [0.717, 1.165) is 5.56 Å². The van der Waals surface area contributed by atoms with Gasteiger partial charge in [0, 0.05) is 14.1 Å². The summed E-state index contributed by atoms with van der Waals surface area (Å²) in [7, 11) is 5.06. The summed E-state index contributed by atoms with van der Waals surface area (Å²) in [5.41, 5.74) is 0.728. The Labute approximate surface area is 133 Å². The van der Waals surface area contributed by atoms with Crippen LogP contribution in [0.15, 0.2) is 24.3 Å². The van der Waals surface area contributed by atoms with Crippen LogP contribution in [0, 0.1) is 5.82 Å². The summed E-state index contributed by atoms with van der Waals surface area (Å²) in [5.74, 6) is 0.303. The van der Waals surface area contributed by atoms with Crippen LogP contribution in [-0.2, 0) is 17.8 Å². The summed E-state index contributed by atoms with van der Waals surface area (Å²) in [6.45, 7) is 0.153. The van der Waals surface area contributed by atoms with E-state index in [4.69, 9.17) is 4.74 Å². The number of rotatable bonds is 6. The van der Waals surface area contributed by atoms with E-state index in [1.165, 1.54) is 19.2 Å². The molecule has 0 spiro atoms. The van der Waals surface area contributed by atoms with E-state index in [1.807, 2.05) is 0 Å². The molecule has 0 saturated heterocycles. The molecule has 1 heterocycles. The molecular formula is C15H18FN5O2. The Balaban J connectivity index is 1.98. The third-order valence-corrected chi connectivity index (χ3v) is 2.95. The topological polar surface area (TPSA) is 80.2 Å². The van der Waals surface area contributed by atoms with Gasteiger partial charge in [0.05, 0.1) is 20.1 Å². The number of carbonyl (C=O) groups excluding carboxylic acids is 1. The van der Waals surface area contributed by atoms with Crippen molar-refractivity contribution in [2.24, 2.45) is 0 Å². The fourth-order valence-electron chi connectivity index (χ4n) is 1.78. The molecular weight excluding hydrogens is 301 g/mol. The van der Waals surface area contributed by atoms with Crippen LogP contribution in [0.3, 0.4) is 0 Å². The van der Waals surface area contributed by atoms with Gasteiger partial charge in [0.1, 0.15) is 5.82 Å². The van der Waals surface area contributed by atoms with E-state index in [9.17, 15) is 9.18 Å². The molecule has 0 unspecified atom stereocenters. The van der Waals surface area contributed by atoms with Crippen molar-refractivity contribution in [1.29, 1.82) is 0 Å². The molecule has 0 fully saturated rings. The zero-order valence-electron chi connectivity index (χ0n) is 13.2. The third kappa shape index (κ3) is 4.87. The number of benzene rings is 1. The molecule has 0 aliphatic heterocycles. The molecule has 23 heavy (non-hydrogen) atoms. The van der Waals surface area contributed by atoms with Crippen LogP contribution < -0.4 is 15.0 Å². The van der Waals surface area contributed by atoms with Crippen molar-refractivity contribution in [2.45, 2.75) is 13.0 Å². The van der Waals surface area contributed by atoms with Crippen molar-refractivity contribution >= 4 is 11.9 Å². The van der Waals surface area contributed by atoms with Gasteiger partial charge in [-0.05, 0) is 17.7 Å². The fourth-order valence-corrected chi connectivity index (χ4v) is 1.78. The first-order valence-electron chi connectivity index (χ1n) is 6.95. The zero-order chi connectivity index (χ0) is 16.8. The Bertz CT molecular complexity index is 676. The Kier molecular flexibility index (Phi) is 5.40. The van der Waals surface area contributed by atoms with Crippen molar-refractivity contribution in [3.63, 3.8) is 0 Å². The number of methoxy groups -OCH3 is 1. The van der Waals surface area contributed by atoms with Gasteiger partial charge in [0.25, 0.3) is 0 Å². The van der Waals surface area contributed by atoms with E-state index >= 15 is 0 Å². The molecule has 0 aliphatic rings. The molecule has 0 saturated carbocycles. The second kappa shape index (κ2) is 7.48. The van der Waals surface area contributed by atoms with Gasteiger partial charge in [-0.1, -0.05) is 12.1 Å². The number of nitrogens with one attached hydrogen (secondary N) is 1. The van der Waals surface area contributed by atoms with Crippen LogP contribution in [0.1, 0.15) is 11.4 Å². The molecule has 1 aromatic carbocycles. The van der Waals surface area contributed by atoms with Crippen LogP contribution in [0.5, 0.6) is 6.01 Å². The molecule has 2 aromatic rings. The number of nitrogens with zero attached hydrogens (tertiary/aromatic N) is 4. The average molecular weight is 319 g/mol. The number of halogens is 1. The van der Waals surface area contributed by atoms with E-state index in [1.54, 1.807) is 31.1 Å². The third-order valence-electron chi connectivity index (χ3n) is 2.95. The van der Waals surface area contributed by atoms with Gasteiger partial charge >= 0.3 is 6.01 Å². The van der Waals surface area contributed by atoms with Gasteiger partial charge in [0.2, 0.25) is 11.9 Å². The van der Waals surface area contributed by atoms with Gasteiger partial charge in [-0.25, -0.2) is 4.39 Å². The van der Waals surface area contributed by atoms with Crippen LogP contribution in [0.4, 0.5) is 10.3 Å². The highest BCUT2D eigenvalue weighted by atomic mass is 19.1. The van der Waals surface area contributed by atoms with Crippen molar-refractivity contribution in [2.75, 3.05) is 26.1 Å². The average Bonchev–Trinajstić information content (AvgIpc) is 2.54. The summed E-state index contributed by atoms with van der Waals surface area (Å²) >= 11 is 0.